The summed E-state index contributed by atoms with van der Waals surface area (Å²) >= 11 is 5.90. The van der Waals surface area contributed by atoms with E-state index in [-0.39, 0.29) is 0 Å². The van der Waals surface area contributed by atoms with E-state index in [1.165, 1.54) is 0 Å². The summed E-state index contributed by atoms with van der Waals surface area (Å²) in [6, 6.07) is 7.33. The van der Waals surface area contributed by atoms with E-state index in [1.807, 2.05) is 18.2 Å². The summed E-state index contributed by atoms with van der Waals surface area (Å²) in [5, 5.41) is 1.61. The number of rotatable bonds is 1. The number of benzene rings is 1. The van der Waals surface area contributed by atoms with Crippen LogP contribution in [0.3, 0.4) is 0 Å². The van der Waals surface area contributed by atoms with Crippen LogP contribution in [0.4, 0.5) is 0 Å². The lowest BCUT2D eigenvalue weighted by molar-refractivity contribution is 0.413. The number of fused-ring (bicyclic) bond motifs is 3. The number of nitrogens with zero attached hydrogens (tertiary/aromatic N) is 1. The fourth-order valence-electron chi connectivity index (χ4n) is 1.71. The number of halogens is 1. The molecule has 2 aromatic heterocycles. The predicted molar refractivity (Wildman–Crippen MR) is 63.1 cm³/mol. The lowest BCUT2D eigenvalue weighted by Gasteiger charge is -1.96. The van der Waals surface area contributed by atoms with Gasteiger partial charge in [-0.3, -0.25) is 0 Å². The van der Waals surface area contributed by atoms with Crippen molar-refractivity contribution in [3.05, 3.63) is 35.5 Å². The van der Waals surface area contributed by atoms with Crippen molar-refractivity contribution in [1.29, 1.82) is 0 Å². The molecule has 0 spiro atoms. The Morgan fingerprint density at radius 1 is 1.25 bits per heavy atom. The SMILES string of the molecule is COc1cnc2c(c1)oc1cc(Cl)ccc12. The molecule has 0 bridgehead atoms. The summed E-state index contributed by atoms with van der Waals surface area (Å²) in [7, 11) is 1.60. The Morgan fingerprint density at radius 3 is 2.94 bits per heavy atom. The van der Waals surface area contributed by atoms with Crippen molar-refractivity contribution in [3.63, 3.8) is 0 Å². The van der Waals surface area contributed by atoms with Gasteiger partial charge in [-0.05, 0) is 12.1 Å². The van der Waals surface area contributed by atoms with Gasteiger partial charge in [-0.2, -0.15) is 0 Å². The Hall–Kier alpha value is -1.74. The van der Waals surface area contributed by atoms with Gasteiger partial charge in [0, 0.05) is 22.5 Å². The average molecular weight is 234 g/mol. The molecule has 0 aliphatic heterocycles. The zero-order chi connectivity index (χ0) is 11.1. The van der Waals surface area contributed by atoms with E-state index in [1.54, 1.807) is 19.4 Å². The standard InChI is InChI=1S/C12H8ClNO2/c1-15-8-5-11-12(14-6-8)9-3-2-7(13)4-10(9)16-11/h2-6H,1H3. The third kappa shape index (κ3) is 1.32. The molecule has 3 aromatic rings. The highest BCUT2D eigenvalue weighted by Gasteiger charge is 2.09. The van der Waals surface area contributed by atoms with Crippen LogP contribution in [-0.4, -0.2) is 12.1 Å². The highest BCUT2D eigenvalue weighted by molar-refractivity contribution is 6.31. The molecule has 0 aliphatic carbocycles. The minimum Gasteiger partial charge on any atom is -0.495 e. The van der Waals surface area contributed by atoms with Crippen LogP contribution in [0, 0.1) is 0 Å². The van der Waals surface area contributed by atoms with Crippen molar-refractivity contribution in [1.82, 2.24) is 4.98 Å². The van der Waals surface area contributed by atoms with E-state index in [9.17, 15) is 0 Å². The molecule has 4 heteroatoms. The third-order valence-electron chi connectivity index (χ3n) is 2.48. The molecule has 0 N–H and O–H groups in total. The molecule has 0 amide bonds. The molecular weight excluding hydrogens is 226 g/mol. The lowest BCUT2D eigenvalue weighted by atomic mass is 10.2. The van der Waals surface area contributed by atoms with Gasteiger partial charge in [-0.1, -0.05) is 11.6 Å². The maximum Gasteiger partial charge on any atom is 0.157 e. The number of hydrogen-bond acceptors (Lipinski definition) is 3. The summed E-state index contributed by atoms with van der Waals surface area (Å²) < 4.78 is 10.7. The maximum atomic E-state index is 5.90. The molecule has 0 radical (unpaired) electrons. The zero-order valence-electron chi connectivity index (χ0n) is 8.53. The van der Waals surface area contributed by atoms with E-state index < -0.39 is 0 Å². The van der Waals surface area contributed by atoms with Gasteiger partial charge >= 0.3 is 0 Å². The van der Waals surface area contributed by atoms with Gasteiger partial charge in [0.15, 0.2) is 5.58 Å². The summed E-state index contributed by atoms with van der Waals surface area (Å²) in [6.07, 6.45) is 1.67. The third-order valence-corrected chi connectivity index (χ3v) is 2.72. The van der Waals surface area contributed by atoms with Crippen LogP contribution in [0.15, 0.2) is 34.9 Å². The molecule has 0 atom stereocenters. The first-order chi connectivity index (χ1) is 7.78. The van der Waals surface area contributed by atoms with Gasteiger partial charge in [-0.25, -0.2) is 4.98 Å². The second kappa shape index (κ2) is 3.39. The number of hydrogen-bond donors (Lipinski definition) is 0. The molecule has 3 nitrogen and oxygen atoms in total. The molecule has 1 aromatic carbocycles. The Balaban J connectivity index is 2.40. The van der Waals surface area contributed by atoms with Crippen molar-refractivity contribution in [3.8, 4) is 5.75 Å². The van der Waals surface area contributed by atoms with E-state index in [0.717, 1.165) is 16.5 Å². The summed E-state index contributed by atoms with van der Waals surface area (Å²) in [4.78, 5) is 4.31. The van der Waals surface area contributed by atoms with Gasteiger partial charge in [0.25, 0.3) is 0 Å². The van der Waals surface area contributed by atoms with E-state index in [2.05, 4.69) is 4.98 Å². The Morgan fingerprint density at radius 2 is 2.12 bits per heavy atom. The number of ether oxygens (including phenoxy) is 1. The lowest BCUT2D eigenvalue weighted by Crippen LogP contribution is -1.83. The molecule has 0 unspecified atom stereocenters. The molecule has 0 fully saturated rings. The summed E-state index contributed by atoms with van der Waals surface area (Å²) in [5.74, 6) is 0.678. The Kier molecular flexibility index (Phi) is 2.01. The van der Waals surface area contributed by atoms with Gasteiger partial charge < -0.3 is 9.15 Å². The molecule has 0 saturated carbocycles. The first-order valence-corrected chi connectivity index (χ1v) is 5.17. The molecule has 2 heterocycles. The van der Waals surface area contributed by atoms with Crippen LogP contribution in [0.1, 0.15) is 0 Å². The molecule has 0 aliphatic rings. The number of aromatic nitrogens is 1. The minimum atomic E-state index is 0.651. The number of pyridine rings is 1. The van der Waals surface area contributed by atoms with Crippen LogP contribution in [-0.2, 0) is 0 Å². The van der Waals surface area contributed by atoms with Crippen molar-refractivity contribution < 1.29 is 9.15 Å². The number of furan rings is 1. The second-order valence-electron chi connectivity index (χ2n) is 3.46. The molecule has 16 heavy (non-hydrogen) atoms. The van der Waals surface area contributed by atoms with Crippen molar-refractivity contribution >= 4 is 33.7 Å². The van der Waals surface area contributed by atoms with Crippen molar-refractivity contribution in [2.24, 2.45) is 0 Å². The fourth-order valence-corrected chi connectivity index (χ4v) is 1.88. The largest absolute Gasteiger partial charge is 0.495 e. The first kappa shape index (κ1) is 9.48. The molecular formula is C12H8ClNO2. The van der Waals surface area contributed by atoms with Crippen molar-refractivity contribution in [2.45, 2.75) is 0 Å². The van der Waals surface area contributed by atoms with Crippen molar-refractivity contribution in [2.75, 3.05) is 7.11 Å². The summed E-state index contributed by atoms with van der Waals surface area (Å²) in [5.41, 5.74) is 2.27. The number of methoxy groups -OCH3 is 1. The molecule has 3 rings (SSSR count). The van der Waals surface area contributed by atoms with Crippen LogP contribution in [0.25, 0.3) is 22.1 Å². The van der Waals surface area contributed by atoms with Gasteiger partial charge in [0.2, 0.25) is 0 Å². The quantitative estimate of drug-likeness (QED) is 0.644. The zero-order valence-corrected chi connectivity index (χ0v) is 9.28. The first-order valence-electron chi connectivity index (χ1n) is 4.80. The molecule has 0 saturated heterocycles. The smallest absolute Gasteiger partial charge is 0.157 e. The Labute approximate surface area is 96.6 Å². The minimum absolute atomic E-state index is 0.651. The van der Waals surface area contributed by atoms with Gasteiger partial charge in [0.1, 0.15) is 16.8 Å². The van der Waals surface area contributed by atoms with Crippen LogP contribution < -0.4 is 4.74 Å². The van der Waals surface area contributed by atoms with E-state index in [4.69, 9.17) is 20.8 Å². The predicted octanol–water partition coefficient (Wildman–Crippen LogP) is 3.64. The summed E-state index contributed by atoms with van der Waals surface area (Å²) in [6.45, 7) is 0. The van der Waals surface area contributed by atoms with Gasteiger partial charge in [-0.15, -0.1) is 0 Å². The van der Waals surface area contributed by atoms with Crippen LogP contribution in [0.5, 0.6) is 5.75 Å². The monoisotopic (exact) mass is 233 g/mol. The van der Waals surface area contributed by atoms with Crippen LogP contribution in [0.2, 0.25) is 5.02 Å². The topological polar surface area (TPSA) is 35.3 Å². The molecule has 80 valence electrons. The highest BCUT2D eigenvalue weighted by Crippen LogP contribution is 2.30. The highest BCUT2D eigenvalue weighted by atomic mass is 35.5. The average Bonchev–Trinajstić information content (AvgIpc) is 2.64. The second-order valence-corrected chi connectivity index (χ2v) is 3.90. The van der Waals surface area contributed by atoms with Crippen LogP contribution >= 0.6 is 11.6 Å². The van der Waals surface area contributed by atoms with Gasteiger partial charge in [0.05, 0.1) is 13.3 Å². The van der Waals surface area contributed by atoms with E-state index >= 15 is 0 Å². The fraction of sp³-hybridized carbons (Fsp3) is 0.0833. The maximum absolute atomic E-state index is 5.90. The normalized spacial score (nSPS) is 11.1. The Bertz CT molecular complexity index is 675. The van der Waals surface area contributed by atoms with E-state index in [0.29, 0.717) is 16.4 Å².